The molecule has 0 saturated heterocycles. The molecule has 2 atom stereocenters. The van der Waals surface area contributed by atoms with Crippen molar-refractivity contribution in [3.8, 4) is 0 Å². The molecule has 0 heterocycles. The molecule has 0 aromatic rings. The molecule has 2 unspecified atom stereocenters. The van der Waals surface area contributed by atoms with Gasteiger partial charge in [-0.15, -0.1) is 0 Å². The van der Waals surface area contributed by atoms with E-state index < -0.39 is 0 Å². The summed E-state index contributed by atoms with van der Waals surface area (Å²) in [6.07, 6.45) is 4.47. The van der Waals surface area contributed by atoms with Gasteiger partial charge in [-0.25, -0.2) is 0 Å². The van der Waals surface area contributed by atoms with Gasteiger partial charge in [-0.1, -0.05) is 33.6 Å². The second-order valence-electron chi connectivity index (χ2n) is 4.70. The van der Waals surface area contributed by atoms with Crippen molar-refractivity contribution in [3.63, 3.8) is 0 Å². The van der Waals surface area contributed by atoms with E-state index in [0.29, 0.717) is 6.04 Å². The third-order valence-electron chi connectivity index (χ3n) is 2.59. The summed E-state index contributed by atoms with van der Waals surface area (Å²) < 4.78 is 0. The molecule has 0 aromatic heterocycles. The molecule has 0 saturated carbocycles. The van der Waals surface area contributed by atoms with Crippen LogP contribution >= 0.6 is 0 Å². The molecule has 0 rings (SSSR count). The van der Waals surface area contributed by atoms with Crippen molar-refractivity contribution in [3.05, 3.63) is 0 Å². The third-order valence-corrected chi connectivity index (χ3v) is 2.59. The smallest absolute Gasteiger partial charge is 0.0662 e. The van der Waals surface area contributed by atoms with Gasteiger partial charge in [0, 0.05) is 12.6 Å². The van der Waals surface area contributed by atoms with Crippen LogP contribution in [0.4, 0.5) is 0 Å². The predicted octanol–water partition coefficient (Wildman–Crippen LogP) is 2.56. The van der Waals surface area contributed by atoms with Crippen molar-refractivity contribution in [2.75, 3.05) is 6.54 Å². The Kier molecular flexibility index (Phi) is 8.20. The van der Waals surface area contributed by atoms with E-state index in [0.717, 1.165) is 18.9 Å². The SMILES string of the molecule is CCC(O)CNC(C)CCCC(C)C. The van der Waals surface area contributed by atoms with E-state index in [1.54, 1.807) is 0 Å². The summed E-state index contributed by atoms with van der Waals surface area (Å²) in [5, 5.41) is 12.7. The normalized spacial score (nSPS) is 15.9. The van der Waals surface area contributed by atoms with E-state index in [9.17, 15) is 5.11 Å². The largest absolute Gasteiger partial charge is 0.392 e. The first-order chi connectivity index (χ1) is 6.56. The topological polar surface area (TPSA) is 32.3 Å². The van der Waals surface area contributed by atoms with Crippen LogP contribution in [0.2, 0.25) is 0 Å². The maximum atomic E-state index is 9.36. The fourth-order valence-electron chi connectivity index (χ4n) is 1.42. The Labute approximate surface area is 89.1 Å². The van der Waals surface area contributed by atoms with Gasteiger partial charge >= 0.3 is 0 Å². The minimum Gasteiger partial charge on any atom is -0.392 e. The van der Waals surface area contributed by atoms with Gasteiger partial charge in [0.15, 0.2) is 0 Å². The minimum atomic E-state index is -0.178. The van der Waals surface area contributed by atoms with Crippen molar-refractivity contribution < 1.29 is 5.11 Å². The molecule has 0 aliphatic carbocycles. The summed E-state index contributed by atoms with van der Waals surface area (Å²) in [5.41, 5.74) is 0. The van der Waals surface area contributed by atoms with Crippen molar-refractivity contribution >= 4 is 0 Å². The standard InChI is InChI=1S/C12H27NO/c1-5-12(14)9-13-11(4)8-6-7-10(2)3/h10-14H,5-9H2,1-4H3. The van der Waals surface area contributed by atoms with Gasteiger partial charge in [-0.05, 0) is 25.7 Å². The lowest BCUT2D eigenvalue weighted by Gasteiger charge is -2.16. The average Bonchev–Trinajstić information content (AvgIpc) is 2.13. The molecule has 0 aromatic carbocycles. The maximum Gasteiger partial charge on any atom is 0.0662 e. The summed E-state index contributed by atoms with van der Waals surface area (Å²) in [6.45, 7) is 9.47. The van der Waals surface area contributed by atoms with Gasteiger partial charge in [-0.3, -0.25) is 0 Å². The quantitative estimate of drug-likeness (QED) is 0.632. The van der Waals surface area contributed by atoms with Crippen LogP contribution in [0.5, 0.6) is 0 Å². The minimum absolute atomic E-state index is 0.178. The third kappa shape index (κ3) is 8.52. The zero-order valence-corrected chi connectivity index (χ0v) is 10.2. The van der Waals surface area contributed by atoms with Gasteiger partial charge in [0.2, 0.25) is 0 Å². The summed E-state index contributed by atoms with van der Waals surface area (Å²) in [5.74, 6) is 0.809. The first-order valence-electron chi connectivity index (χ1n) is 5.97. The highest BCUT2D eigenvalue weighted by Crippen LogP contribution is 2.08. The van der Waals surface area contributed by atoms with Gasteiger partial charge in [0.25, 0.3) is 0 Å². The van der Waals surface area contributed by atoms with Gasteiger partial charge in [-0.2, -0.15) is 0 Å². The van der Waals surface area contributed by atoms with E-state index in [1.165, 1.54) is 19.3 Å². The summed E-state index contributed by atoms with van der Waals surface area (Å²) in [4.78, 5) is 0. The highest BCUT2D eigenvalue weighted by Gasteiger charge is 2.05. The number of aliphatic hydroxyl groups is 1. The van der Waals surface area contributed by atoms with Crippen LogP contribution in [-0.4, -0.2) is 23.8 Å². The molecule has 0 bridgehead atoms. The second kappa shape index (κ2) is 8.25. The number of nitrogens with one attached hydrogen (secondary N) is 1. The maximum absolute atomic E-state index is 9.36. The fourth-order valence-corrected chi connectivity index (χ4v) is 1.42. The van der Waals surface area contributed by atoms with Crippen molar-refractivity contribution in [2.24, 2.45) is 5.92 Å². The zero-order valence-electron chi connectivity index (χ0n) is 10.2. The van der Waals surface area contributed by atoms with Crippen LogP contribution in [0.3, 0.4) is 0 Å². The molecule has 0 spiro atoms. The molecule has 2 N–H and O–H groups in total. The Morgan fingerprint density at radius 1 is 1.14 bits per heavy atom. The van der Waals surface area contributed by atoms with Gasteiger partial charge in [0.1, 0.15) is 0 Å². The number of rotatable bonds is 8. The fraction of sp³-hybridized carbons (Fsp3) is 1.00. The molecular formula is C12H27NO. The lowest BCUT2D eigenvalue weighted by molar-refractivity contribution is 0.162. The Morgan fingerprint density at radius 2 is 1.79 bits per heavy atom. The highest BCUT2D eigenvalue weighted by molar-refractivity contribution is 4.64. The predicted molar refractivity (Wildman–Crippen MR) is 62.5 cm³/mol. The molecule has 2 heteroatoms. The van der Waals surface area contributed by atoms with E-state index in [4.69, 9.17) is 0 Å². The van der Waals surface area contributed by atoms with Crippen LogP contribution < -0.4 is 5.32 Å². The number of aliphatic hydroxyl groups excluding tert-OH is 1. The van der Waals surface area contributed by atoms with E-state index in [2.05, 4.69) is 26.1 Å². The molecule has 0 fully saturated rings. The van der Waals surface area contributed by atoms with E-state index in [1.807, 2.05) is 6.92 Å². The van der Waals surface area contributed by atoms with Crippen molar-refractivity contribution in [2.45, 2.75) is 65.5 Å². The zero-order chi connectivity index (χ0) is 11.0. The Balaban J connectivity index is 3.32. The molecule has 0 amide bonds. The Morgan fingerprint density at radius 3 is 2.29 bits per heavy atom. The first-order valence-corrected chi connectivity index (χ1v) is 5.97. The average molecular weight is 201 g/mol. The number of hydrogen-bond donors (Lipinski definition) is 2. The van der Waals surface area contributed by atoms with Gasteiger partial charge in [0.05, 0.1) is 6.10 Å². The summed E-state index contributed by atoms with van der Waals surface area (Å²) in [7, 11) is 0. The lowest BCUT2D eigenvalue weighted by atomic mass is 10.0. The highest BCUT2D eigenvalue weighted by atomic mass is 16.3. The molecule has 14 heavy (non-hydrogen) atoms. The van der Waals surface area contributed by atoms with Crippen LogP contribution in [0.15, 0.2) is 0 Å². The lowest BCUT2D eigenvalue weighted by Crippen LogP contribution is -2.33. The Hall–Kier alpha value is -0.0800. The van der Waals surface area contributed by atoms with Crippen molar-refractivity contribution in [1.82, 2.24) is 5.32 Å². The monoisotopic (exact) mass is 201 g/mol. The van der Waals surface area contributed by atoms with E-state index >= 15 is 0 Å². The molecule has 0 radical (unpaired) electrons. The molecule has 86 valence electrons. The van der Waals surface area contributed by atoms with Crippen LogP contribution in [0.1, 0.15) is 53.4 Å². The van der Waals surface area contributed by atoms with E-state index in [-0.39, 0.29) is 6.10 Å². The van der Waals surface area contributed by atoms with Gasteiger partial charge < -0.3 is 10.4 Å². The summed E-state index contributed by atoms with van der Waals surface area (Å²) >= 11 is 0. The van der Waals surface area contributed by atoms with Crippen LogP contribution in [0.25, 0.3) is 0 Å². The van der Waals surface area contributed by atoms with Crippen LogP contribution in [0, 0.1) is 5.92 Å². The first kappa shape index (κ1) is 13.9. The molecule has 0 aliphatic rings. The second-order valence-corrected chi connectivity index (χ2v) is 4.70. The molecular weight excluding hydrogens is 174 g/mol. The molecule has 0 aliphatic heterocycles. The van der Waals surface area contributed by atoms with Crippen LogP contribution in [-0.2, 0) is 0 Å². The van der Waals surface area contributed by atoms with Crippen molar-refractivity contribution in [1.29, 1.82) is 0 Å². The summed E-state index contributed by atoms with van der Waals surface area (Å²) in [6, 6.07) is 0.537. The molecule has 2 nitrogen and oxygen atoms in total. The number of hydrogen-bond acceptors (Lipinski definition) is 2. The Bertz CT molecular complexity index is 125.